The second-order valence-electron chi connectivity index (χ2n) is 4.32. The van der Waals surface area contributed by atoms with Crippen LogP contribution in [0.1, 0.15) is 23.2 Å². The lowest BCUT2D eigenvalue weighted by Crippen LogP contribution is -2.27. The van der Waals surface area contributed by atoms with Crippen molar-refractivity contribution in [3.8, 4) is 0 Å². The topological polar surface area (TPSA) is 38.3 Å². The molecule has 1 aliphatic carbocycles. The molecule has 1 aromatic carbocycles. The molecule has 0 aromatic heterocycles. The molecule has 17 heavy (non-hydrogen) atoms. The molecule has 0 atom stereocenters. The van der Waals surface area contributed by atoms with E-state index in [0.717, 1.165) is 17.4 Å². The maximum Gasteiger partial charge on any atom is 0.251 e. The zero-order valence-corrected chi connectivity index (χ0v) is 10.6. The van der Waals surface area contributed by atoms with Crippen molar-refractivity contribution < 1.29 is 9.53 Å². The van der Waals surface area contributed by atoms with Crippen molar-refractivity contribution in [2.24, 2.45) is 5.92 Å². The molecule has 0 aliphatic heterocycles. The van der Waals surface area contributed by atoms with Gasteiger partial charge in [0.15, 0.2) is 0 Å². The number of amides is 1. The van der Waals surface area contributed by atoms with Gasteiger partial charge in [-0.1, -0.05) is 6.07 Å². The highest BCUT2D eigenvalue weighted by Crippen LogP contribution is 2.28. The fourth-order valence-corrected chi connectivity index (χ4v) is 1.75. The van der Waals surface area contributed by atoms with Crippen LogP contribution in [0.15, 0.2) is 29.2 Å². The SMILES string of the molecule is O=C(NCCOCC1CC1)c1cccc(S)c1. The molecule has 0 heterocycles. The van der Waals surface area contributed by atoms with Crippen LogP contribution in [-0.4, -0.2) is 25.7 Å². The zero-order valence-electron chi connectivity index (χ0n) is 9.69. The normalized spacial score (nSPS) is 14.6. The van der Waals surface area contributed by atoms with Crippen molar-refractivity contribution in [1.29, 1.82) is 0 Å². The number of hydrogen-bond acceptors (Lipinski definition) is 3. The van der Waals surface area contributed by atoms with Gasteiger partial charge in [0.05, 0.1) is 6.61 Å². The Hall–Kier alpha value is -1.00. The van der Waals surface area contributed by atoms with Crippen LogP contribution in [0.2, 0.25) is 0 Å². The molecule has 1 aliphatic rings. The van der Waals surface area contributed by atoms with E-state index in [1.165, 1.54) is 12.8 Å². The summed E-state index contributed by atoms with van der Waals surface area (Å²) in [5.41, 5.74) is 0.639. The Labute approximate surface area is 107 Å². The monoisotopic (exact) mass is 251 g/mol. The number of carbonyl (C=O) groups is 1. The highest BCUT2D eigenvalue weighted by Gasteiger charge is 2.20. The van der Waals surface area contributed by atoms with E-state index in [4.69, 9.17) is 4.74 Å². The summed E-state index contributed by atoms with van der Waals surface area (Å²) in [6.07, 6.45) is 2.59. The van der Waals surface area contributed by atoms with E-state index in [2.05, 4.69) is 17.9 Å². The average Bonchev–Trinajstić information content (AvgIpc) is 3.12. The van der Waals surface area contributed by atoms with E-state index in [9.17, 15) is 4.79 Å². The van der Waals surface area contributed by atoms with Crippen LogP contribution >= 0.6 is 12.6 Å². The predicted molar refractivity (Wildman–Crippen MR) is 69.6 cm³/mol. The molecule has 1 N–H and O–H groups in total. The number of benzene rings is 1. The molecule has 1 amide bonds. The molecule has 1 saturated carbocycles. The second-order valence-corrected chi connectivity index (χ2v) is 4.84. The van der Waals surface area contributed by atoms with Crippen LogP contribution in [0.4, 0.5) is 0 Å². The average molecular weight is 251 g/mol. The van der Waals surface area contributed by atoms with Crippen molar-refractivity contribution in [2.75, 3.05) is 19.8 Å². The first-order valence-corrected chi connectivity index (χ1v) is 6.35. The number of thiol groups is 1. The van der Waals surface area contributed by atoms with E-state index < -0.39 is 0 Å². The summed E-state index contributed by atoms with van der Waals surface area (Å²) in [6, 6.07) is 7.20. The summed E-state index contributed by atoms with van der Waals surface area (Å²) in [5, 5.41) is 2.82. The molecule has 2 rings (SSSR count). The molecule has 0 unspecified atom stereocenters. The lowest BCUT2D eigenvalue weighted by atomic mass is 10.2. The van der Waals surface area contributed by atoms with E-state index in [0.29, 0.717) is 18.7 Å². The van der Waals surface area contributed by atoms with Crippen LogP contribution in [0, 0.1) is 5.92 Å². The maximum absolute atomic E-state index is 11.7. The molecule has 1 fully saturated rings. The summed E-state index contributed by atoms with van der Waals surface area (Å²) < 4.78 is 5.44. The van der Waals surface area contributed by atoms with Gasteiger partial charge in [0.2, 0.25) is 0 Å². The standard InChI is InChI=1S/C13H17NO2S/c15-13(11-2-1-3-12(17)8-11)14-6-7-16-9-10-4-5-10/h1-3,8,10,17H,4-7,9H2,(H,14,15). The third kappa shape index (κ3) is 4.40. The minimum absolute atomic E-state index is 0.0732. The Morgan fingerprint density at radius 3 is 3.00 bits per heavy atom. The molecule has 0 saturated heterocycles. The summed E-state index contributed by atoms with van der Waals surface area (Å²) >= 11 is 4.20. The molecule has 0 bridgehead atoms. The third-order valence-corrected chi connectivity index (χ3v) is 2.97. The third-order valence-electron chi connectivity index (χ3n) is 2.69. The number of rotatable bonds is 6. The van der Waals surface area contributed by atoms with E-state index in [-0.39, 0.29) is 5.91 Å². The molecule has 1 aromatic rings. The van der Waals surface area contributed by atoms with Crippen LogP contribution in [0.3, 0.4) is 0 Å². The highest BCUT2D eigenvalue weighted by atomic mass is 32.1. The van der Waals surface area contributed by atoms with Gasteiger partial charge < -0.3 is 10.1 Å². The van der Waals surface area contributed by atoms with Gasteiger partial charge >= 0.3 is 0 Å². The largest absolute Gasteiger partial charge is 0.379 e. The highest BCUT2D eigenvalue weighted by molar-refractivity contribution is 7.80. The molecule has 4 heteroatoms. The quantitative estimate of drug-likeness (QED) is 0.600. The van der Waals surface area contributed by atoms with Gasteiger partial charge in [0, 0.05) is 23.6 Å². The van der Waals surface area contributed by atoms with Gasteiger partial charge in [-0.15, -0.1) is 12.6 Å². The maximum atomic E-state index is 11.7. The fraction of sp³-hybridized carbons (Fsp3) is 0.462. The predicted octanol–water partition coefficient (Wildman–Crippen LogP) is 2.13. The van der Waals surface area contributed by atoms with E-state index >= 15 is 0 Å². The Kier molecular flexibility index (Phi) is 4.45. The van der Waals surface area contributed by atoms with Crippen molar-refractivity contribution in [2.45, 2.75) is 17.7 Å². The molecule has 3 nitrogen and oxygen atoms in total. The van der Waals surface area contributed by atoms with Crippen molar-refractivity contribution in [3.05, 3.63) is 29.8 Å². The zero-order chi connectivity index (χ0) is 12.1. The van der Waals surface area contributed by atoms with Crippen molar-refractivity contribution >= 4 is 18.5 Å². The first-order chi connectivity index (χ1) is 8.25. The van der Waals surface area contributed by atoms with Gasteiger partial charge in [-0.3, -0.25) is 4.79 Å². The lowest BCUT2D eigenvalue weighted by molar-refractivity contribution is 0.0906. The summed E-state index contributed by atoms with van der Waals surface area (Å²) in [6.45, 7) is 1.98. The van der Waals surface area contributed by atoms with E-state index in [1.807, 2.05) is 12.1 Å². The Balaban J connectivity index is 1.65. The number of ether oxygens (including phenoxy) is 1. The van der Waals surface area contributed by atoms with Gasteiger partial charge in [-0.25, -0.2) is 0 Å². The number of hydrogen-bond donors (Lipinski definition) is 2. The van der Waals surface area contributed by atoms with Gasteiger partial charge in [0.1, 0.15) is 0 Å². The van der Waals surface area contributed by atoms with Crippen LogP contribution in [-0.2, 0) is 4.74 Å². The molecule has 0 radical (unpaired) electrons. The van der Waals surface area contributed by atoms with Gasteiger partial charge in [-0.2, -0.15) is 0 Å². The number of carbonyl (C=O) groups excluding carboxylic acids is 1. The van der Waals surface area contributed by atoms with Crippen molar-refractivity contribution in [1.82, 2.24) is 5.32 Å². The van der Waals surface area contributed by atoms with Crippen LogP contribution in [0.25, 0.3) is 0 Å². The minimum Gasteiger partial charge on any atom is -0.379 e. The van der Waals surface area contributed by atoms with Crippen LogP contribution < -0.4 is 5.32 Å². The molecule has 92 valence electrons. The summed E-state index contributed by atoms with van der Waals surface area (Å²) in [4.78, 5) is 12.5. The summed E-state index contributed by atoms with van der Waals surface area (Å²) in [7, 11) is 0. The molecule has 0 spiro atoms. The Morgan fingerprint density at radius 1 is 1.47 bits per heavy atom. The summed E-state index contributed by atoms with van der Waals surface area (Å²) in [5.74, 6) is 0.697. The van der Waals surface area contributed by atoms with Gasteiger partial charge in [-0.05, 0) is 37.0 Å². The number of nitrogens with one attached hydrogen (secondary N) is 1. The van der Waals surface area contributed by atoms with E-state index in [1.54, 1.807) is 12.1 Å². The van der Waals surface area contributed by atoms with Crippen molar-refractivity contribution in [3.63, 3.8) is 0 Å². The van der Waals surface area contributed by atoms with Gasteiger partial charge in [0.25, 0.3) is 5.91 Å². The lowest BCUT2D eigenvalue weighted by Gasteiger charge is -2.06. The fourth-order valence-electron chi connectivity index (χ4n) is 1.52. The minimum atomic E-state index is -0.0732. The first-order valence-electron chi connectivity index (χ1n) is 5.90. The molecular formula is C13H17NO2S. The Bertz CT molecular complexity index is 391. The van der Waals surface area contributed by atoms with Crippen LogP contribution in [0.5, 0.6) is 0 Å². The Morgan fingerprint density at radius 2 is 2.29 bits per heavy atom. The smallest absolute Gasteiger partial charge is 0.251 e. The second kappa shape index (κ2) is 6.07. The first kappa shape index (κ1) is 12.5. The molecular weight excluding hydrogens is 234 g/mol.